The highest BCUT2D eigenvalue weighted by molar-refractivity contribution is 6.41. The Morgan fingerprint density at radius 2 is 0.836 bits per heavy atom. The van der Waals surface area contributed by atoms with Crippen LogP contribution in [-0.2, 0) is 10.8 Å². The summed E-state index contributed by atoms with van der Waals surface area (Å²) in [6, 6.07) is 61.7. The average molecular weight is 784 g/mol. The first-order chi connectivity index (χ1) is 29.6. The molecule has 13 aromatic rings. The van der Waals surface area contributed by atoms with Gasteiger partial charge in [0.05, 0.1) is 38.8 Å². The second-order valence-corrected chi connectivity index (χ2v) is 19.4. The Morgan fingerprint density at radius 1 is 0.344 bits per heavy atom. The number of nitrogens with zero attached hydrogens (tertiary/aromatic N) is 3. The minimum absolute atomic E-state index is 0.0698. The molecule has 9 aromatic carbocycles. The summed E-state index contributed by atoms with van der Waals surface area (Å²) in [5.74, 6) is 0. The first kappa shape index (κ1) is 34.7. The lowest BCUT2D eigenvalue weighted by Crippen LogP contribution is -2.15. The van der Waals surface area contributed by atoms with Crippen molar-refractivity contribution in [1.82, 2.24) is 8.80 Å². The molecule has 4 heterocycles. The Balaban J connectivity index is 1.29. The van der Waals surface area contributed by atoms with Crippen molar-refractivity contribution in [2.75, 3.05) is 4.90 Å². The number of fused-ring (bicyclic) bond motifs is 17. The maximum atomic E-state index is 2.63. The quantitative estimate of drug-likeness (QED) is 0.174. The summed E-state index contributed by atoms with van der Waals surface area (Å²) in [6.45, 7) is 14.1. The first-order valence-electron chi connectivity index (χ1n) is 21.7. The van der Waals surface area contributed by atoms with Crippen molar-refractivity contribution < 1.29 is 0 Å². The van der Waals surface area contributed by atoms with Crippen LogP contribution in [0.15, 0.2) is 164 Å². The van der Waals surface area contributed by atoms with E-state index in [0.717, 1.165) is 11.4 Å². The average Bonchev–Trinajstić information content (AvgIpc) is 3.99. The number of rotatable bonds is 3. The van der Waals surface area contributed by atoms with Gasteiger partial charge in [0.1, 0.15) is 0 Å². The Bertz CT molecular complexity index is 3890. The van der Waals surface area contributed by atoms with E-state index < -0.39 is 0 Å². The van der Waals surface area contributed by atoms with Crippen LogP contribution in [0.25, 0.3) is 97.7 Å². The van der Waals surface area contributed by atoms with E-state index in [0.29, 0.717) is 0 Å². The zero-order valence-electron chi connectivity index (χ0n) is 35.4. The van der Waals surface area contributed by atoms with Gasteiger partial charge in [0.25, 0.3) is 0 Å². The van der Waals surface area contributed by atoms with Gasteiger partial charge in [-0.15, -0.1) is 0 Å². The molecule has 0 unspecified atom stereocenters. The third kappa shape index (κ3) is 4.58. The van der Waals surface area contributed by atoms with Crippen molar-refractivity contribution in [3.05, 3.63) is 175 Å². The number of para-hydroxylation sites is 2. The molecule has 0 saturated heterocycles. The zero-order chi connectivity index (χ0) is 41.1. The normalized spacial score (nSPS) is 13.1. The highest BCUT2D eigenvalue weighted by Crippen LogP contribution is 2.52. The Kier molecular flexibility index (Phi) is 6.72. The summed E-state index contributed by atoms with van der Waals surface area (Å²) >= 11 is 0. The van der Waals surface area contributed by atoms with E-state index in [-0.39, 0.29) is 10.8 Å². The maximum Gasteiger partial charge on any atom is 0.0783 e. The first-order valence-corrected chi connectivity index (χ1v) is 21.7. The highest BCUT2D eigenvalue weighted by atomic mass is 15.2. The molecule has 61 heavy (non-hydrogen) atoms. The summed E-state index contributed by atoms with van der Waals surface area (Å²) in [5, 5.41) is 15.8. The fourth-order valence-corrected chi connectivity index (χ4v) is 10.9. The molecule has 0 aliphatic heterocycles. The summed E-state index contributed by atoms with van der Waals surface area (Å²) in [4.78, 5) is 2.48. The fraction of sp³-hybridized carbons (Fsp3) is 0.138. The third-order valence-corrected chi connectivity index (χ3v) is 13.8. The zero-order valence-corrected chi connectivity index (χ0v) is 35.4. The van der Waals surface area contributed by atoms with Gasteiger partial charge in [0.2, 0.25) is 0 Å². The molecule has 0 fully saturated rings. The number of anilines is 3. The van der Waals surface area contributed by atoms with E-state index in [9.17, 15) is 0 Å². The molecule has 3 nitrogen and oxygen atoms in total. The summed E-state index contributed by atoms with van der Waals surface area (Å²) < 4.78 is 5.21. The van der Waals surface area contributed by atoms with Crippen LogP contribution in [-0.4, -0.2) is 8.80 Å². The Labute approximate surface area is 354 Å². The minimum Gasteiger partial charge on any atom is -0.308 e. The van der Waals surface area contributed by atoms with Crippen molar-refractivity contribution in [3.63, 3.8) is 0 Å². The van der Waals surface area contributed by atoms with Gasteiger partial charge in [0, 0.05) is 54.5 Å². The summed E-state index contributed by atoms with van der Waals surface area (Å²) in [6.07, 6.45) is 0. The van der Waals surface area contributed by atoms with E-state index in [1.165, 1.54) is 115 Å². The summed E-state index contributed by atoms with van der Waals surface area (Å²) in [7, 11) is 0. The minimum atomic E-state index is -0.0783. The molecule has 13 rings (SSSR count). The molecular weight excluding hydrogens is 739 g/mol. The van der Waals surface area contributed by atoms with Crippen LogP contribution in [0.4, 0.5) is 17.1 Å². The lowest BCUT2D eigenvalue weighted by molar-refractivity contribution is 0.591. The van der Waals surface area contributed by atoms with Gasteiger partial charge in [-0.25, -0.2) is 0 Å². The van der Waals surface area contributed by atoms with Gasteiger partial charge >= 0.3 is 0 Å². The van der Waals surface area contributed by atoms with E-state index in [1.54, 1.807) is 0 Å². The van der Waals surface area contributed by atoms with Crippen LogP contribution in [0.1, 0.15) is 52.7 Å². The smallest absolute Gasteiger partial charge is 0.0783 e. The molecule has 0 aliphatic rings. The molecule has 0 aliphatic carbocycles. The van der Waals surface area contributed by atoms with Gasteiger partial charge in [-0.1, -0.05) is 133 Å². The van der Waals surface area contributed by atoms with Gasteiger partial charge in [-0.05, 0) is 116 Å². The van der Waals surface area contributed by atoms with Crippen LogP contribution in [0.3, 0.4) is 0 Å². The summed E-state index contributed by atoms with van der Waals surface area (Å²) in [5.41, 5.74) is 13.6. The van der Waals surface area contributed by atoms with Crippen molar-refractivity contribution in [2.45, 2.75) is 52.4 Å². The van der Waals surface area contributed by atoms with Crippen LogP contribution in [0, 0.1) is 0 Å². The van der Waals surface area contributed by atoms with Crippen LogP contribution in [0.5, 0.6) is 0 Å². The molecule has 4 aromatic heterocycles. The van der Waals surface area contributed by atoms with Crippen LogP contribution in [0.2, 0.25) is 0 Å². The van der Waals surface area contributed by atoms with Crippen molar-refractivity contribution in [2.24, 2.45) is 0 Å². The van der Waals surface area contributed by atoms with E-state index in [4.69, 9.17) is 0 Å². The Hall–Kier alpha value is -7.10. The van der Waals surface area contributed by atoms with Gasteiger partial charge in [-0.3, -0.25) is 0 Å². The third-order valence-electron chi connectivity index (χ3n) is 13.8. The van der Waals surface area contributed by atoms with Gasteiger partial charge < -0.3 is 13.7 Å². The van der Waals surface area contributed by atoms with Crippen LogP contribution >= 0.6 is 0 Å². The topological polar surface area (TPSA) is 12.1 Å². The van der Waals surface area contributed by atoms with E-state index >= 15 is 0 Å². The Morgan fingerprint density at radius 3 is 1.49 bits per heavy atom. The van der Waals surface area contributed by atoms with Crippen molar-refractivity contribution >= 4 is 115 Å². The van der Waals surface area contributed by atoms with E-state index in [2.05, 4.69) is 219 Å². The molecule has 0 bridgehead atoms. The lowest BCUT2D eigenvalue weighted by Gasteiger charge is -2.29. The van der Waals surface area contributed by atoms with Crippen molar-refractivity contribution in [1.29, 1.82) is 0 Å². The van der Waals surface area contributed by atoms with Gasteiger partial charge in [0.15, 0.2) is 0 Å². The monoisotopic (exact) mass is 783 g/mol. The molecule has 0 saturated carbocycles. The molecule has 0 radical (unpaired) electrons. The second kappa shape index (κ2) is 11.8. The lowest BCUT2D eigenvalue weighted by atomic mass is 9.83. The molecule has 0 N–H and O–H groups in total. The standard InChI is InChI=1S/C58H45N3/c1-57(2,3)36-30-42-43-31-37(58(4,5)6)33-49(59(38-19-9-7-10-20-38)39-21-11-8-12-22-39)55(43)61-47-27-28-48-53(51(47)45(32-36)54(42)61)52-41-24-16-14-18-35(41)29-44-50-40-23-15-13-17-34(40)25-26-46(50)60(48)56(44)52/h7-33H,1-6H3. The fourth-order valence-electron chi connectivity index (χ4n) is 10.9. The molecule has 292 valence electrons. The number of hydrogen-bond acceptors (Lipinski definition) is 1. The molecule has 3 heteroatoms. The molecule has 0 amide bonds. The number of aromatic nitrogens is 2. The second-order valence-electron chi connectivity index (χ2n) is 19.4. The largest absolute Gasteiger partial charge is 0.308 e. The van der Waals surface area contributed by atoms with Gasteiger partial charge in [-0.2, -0.15) is 0 Å². The van der Waals surface area contributed by atoms with Crippen LogP contribution < -0.4 is 4.90 Å². The molecular formula is C58H45N3. The predicted molar refractivity (Wildman–Crippen MR) is 263 cm³/mol. The maximum absolute atomic E-state index is 2.63. The van der Waals surface area contributed by atoms with E-state index in [1.807, 2.05) is 0 Å². The predicted octanol–water partition coefficient (Wildman–Crippen LogP) is 16.4. The highest BCUT2D eigenvalue weighted by Gasteiger charge is 2.31. The molecule has 0 spiro atoms. The number of hydrogen-bond donors (Lipinski definition) is 0. The number of benzene rings is 9. The molecule has 0 atom stereocenters. The SMILES string of the molecule is CC(C)(C)c1cc(N(c2ccccc2)c2ccccc2)c2c(c1)c1cc(C(C)(C)C)cc3c4c5c6c7ccccc7cc7c8c9ccccc9ccc8n(c5ccc4n2c13)c76. The van der Waals surface area contributed by atoms with Crippen molar-refractivity contribution in [3.8, 4) is 0 Å².